The minimum Gasteiger partial charge on any atom is -0.450 e. The van der Waals surface area contributed by atoms with E-state index in [1.54, 1.807) is 35.8 Å². The highest BCUT2D eigenvalue weighted by molar-refractivity contribution is 7.20. The van der Waals surface area contributed by atoms with Crippen LogP contribution in [0.25, 0.3) is 15.3 Å². The van der Waals surface area contributed by atoms with Crippen molar-refractivity contribution < 1.29 is 19.1 Å². The van der Waals surface area contributed by atoms with Gasteiger partial charge in [0.05, 0.1) is 16.8 Å². The molecular formula is C22H25N5O4S. The van der Waals surface area contributed by atoms with Gasteiger partial charge in [0.1, 0.15) is 6.04 Å². The summed E-state index contributed by atoms with van der Waals surface area (Å²) in [6, 6.07) is 8.51. The van der Waals surface area contributed by atoms with Gasteiger partial charge in [0, 0.05) is 44.1 Å². The van der Waals surface area contributed by atoms with E-state index in [9.17, 15) is 14.4 Å². The third-order valence-electron chi connectivity index (χ3n) is 5.30. The summed E-state index contributed by atoms with van der Waals surface area (Å²) in [4.78, 5) is 45.2. The van der Waals surface area contributed by atoms with Crippen LogP contribution < -0.4 is 5.32 Å². The topological polar surface area (TPSA) is 96.8 Å². The van der Waals surface area contributed by atoms with E-state index >= 15 is 0 Å². The zero-order valence-electron chi connectivity index (χ0n) is 18.0. The Balaban J connectivity index is 1.36. The number of nitrogens with one attached hydrogen (secondary N) is 1. The number of aromatic nitrogens is 2. The van der Waals surface area contributed by atoms with Crippen molar-refractivity contribution in [2.75, 3.05) is 32.8 Å². The van der Waals surface area contributed by atoms with Gasteiger partial charge >= 0.3 is 6.09 Å². The molecule has 1 N–H and O–H groups in total. The van der Waals surface area contributed by atoms with Crippen molar-refractivity contribution in [1.29, 1.82) is 0 Å². The number of fused-ring (bicyclic) bond motifs is 1. The summed E-state index contributed by atoms with van der Waals surface area (Å²) < 4.78 is 7.82. The van der Waals surface area contributed by atoms with E-state index in [1.807, 2.05) is 35.2 Å². The molecule has 1 aliphatic rings. The smallest absolute Gasteiger partial charge is 0.409 e. The fourth-order valence-electron chi connectivity index (χ4n) is 3.57. The molecule has 3 amide bonds. The van der Waals surface area contributed by atoms with Gasteiger partial charge in [-0.25, -0.2) is 9.78 Å². The molecule has 3 aromatic rings. The molecule has 168 valence electrons. The third kappa shape index (κ3) is 4.59. The van der Waals surface area contributed by atoms with Crippen LogP contribution in [-0.4, -0.2) is 76.1 Å². The first-order valence-electron chi connectivity index (χ1n) is 10.5. The molecule has 0 aliphatic carbocycles. The van der Waals surface area contributed by atoms with Gasteiger partial charge in [-0.3, -0.25) is 9.59 Å². The lowest BCUT2D eigenvalue weighted by Crippen LogP contribution is -2.55. The summed E-state index contributed by atoms with van der Waals surface area (Å²) in [6.45, 7) is 5.40. The Morgan fingerprint density at radius 1 is 1.12 bits per heavy atom. The number of thiazole rings is 1. The maximum absolute atomic E-state index is 12.8. The monoisotopic (exact) mass is 455 g/mol. The zero-order valence-corrected chi connectivity index (χ0v) is 18.8. The quantitative estimate of drug-likeness (QED) is 0.638. The first-order valence-corrected chi connectivity index (χ1v) is 11.3. The maximum Gasteiger partial charge on any atom is 0.409 e. The Bertz CT molecular complexity index is 1120. The van der Waals surface area contributed by atoms with Crippen LogP contribution in [0.1, 0.15) is 24.2 Å². The number of rotatable bonds is 5. The molecule has 0 bridgehead atoms. The van der Waals surface area contributed by atoms with E-state index in [0.29, 0.717) is 38.3 Å². The maximum atomic E-state index is 12.8. The van der Waals surface area contributed by atoms with E-state index in [4.69, 9.17) is 4.74 Å². The van der Waals surface area contributed by atoms with Crippen molar-refractivity contribution in [2.24, 2.45) is 0 Å². The van der Waals surface area contributed by atoms with Crippen molar-refractivity contribution in [3.63, 3.8) is 0 Å². The van der Waals surface area contributed by atoms with Crippen molar-refractivity contribution in [1.82, 2.24) is 24.7 Å². The second kappa shape index (κ2) is 9.39. The number of hydrogen-bond donors (Lipinski definition) is 1. The lowest BCUT2D eigenvalue weighted by atomic mass is 10.1. The molecule has 1 fully saturated rings. The molecule has 1 aromatic carbocycles. The van der Waals surface area contributed by atoms with Crippen LogP contribution in [0.4, 0.5) is 4.79 Å². The molecule has 32 heavy (non-hydrogen) atoms. The number of hydrogen-bond acceptors (Lipinski definition) is 6. The predicted molar refractivity (Wildman–Crippen MR) is 121 cm³/mol. The van der Waals surface area contributed by atoms with E-state index in [-0.39, 0.29) is 17.9 Å². The highest BCUT2D eigenvalue weighted by atomic mass is 32.1. The zero-order chi connectivity index (χ0) is 22.7. The number of piperazine rings is 1. The summed E-state index contributed by atoms with van der Waals surface area (Å²) in [6.07, 6.45) is 3.48. The highest BCUT2D eigenvalue weighted by Crippen LogP contribution is 2.26. The van der Waals surface area contributed by atoms with Crippen molar-refractivity contribution >= 4 is 39.5 Å². The molecule has 9 nitrogen and oxygen atoms in total. The molecule has 1 saturated heterocycles. The molecule has 3 heterocycles. The Hall–Kier alpha value is -3.40. The van der Waals surface area contributed by atoms with Gasteiger partial charge in [0.2, 0.25) is 5.91 Å². The summed E-state index contributed by atoms with van der Waals surface area (Å²) >= 11 is 1.49. The number of carbonyl (C=O) groups is 3. The Morgan fingerprint density at radius 3 is 2.50 bits per heavy atom. The van der Waals surface area contributed by atoms with E-state index in [2.05, 4.69) is 10.3 Å². The van der Waals surface area contributed by atoms with Crippen LogP contribution >= 0.6 is 11.3 Å². The van der Waals surface area contributed by atoms with Gasteiger partial charge in [0.15, 0.2) is 5.13 Å². The number of ether oxygens (including phenoxy) is 1. The normalized spacial score (nSPS) is 14.9. The van der Waals surface area contributed by atoms with Gasteiger partial charge in [0.25, 0.3) is 5.91 Å². The van der Waals surface area contributed by atoms with Crippen molar-refractivity contribution in [2.45, 2.75) is 19.9 Å². The lowest BCUT2D eigenvalue weighted by Gasteiger charge is -2.35. The number of carbonyl (C=O) groups excluding carboxylic acids is 3. The standard InChI is InChI=1S/C22H25N5O4S/c1-3-31-22(30)27-12-10-25(11-13-27)20(29)15(2)23-19(28)16-6-7-17-18(14-16)32-21(24-17)26-8-4-5-9-26/h4-9,14-15H,3,10-13H2,1-2H3,(H,23,28)/t15-/m0/s1. The largest absolute Gasteiger partial charge is 0.450 e. The van der Waals surface area contributed by atoms with Crippen LogP contribution in [0.2, 0.25) is 0 Å². The summed E-state index contributed by atoms with van der Waals surface area (Å²) in [5, 5.41) is 3.62. The van der Waals surface area contributed by atoms with Crippen molar-refractivity contribution in [3.05, 3.63) is 48.3 Å². The van der Waals surface area contributed by atoms with Crippen molar-refractivity contribution in [3.8, 4) is 5.13 Å². The molecular weight excluding hydrogens is 430 g/mol. The minimum absolute atomic E-state index is 0.171. The van der Waals surface area contributed by atoms with Gasteiger partial charge in [-0.15, -0.1) is 0 Å². The van der Waals surface area contributed by atoms with Crippen LogP contribution in [0, 0.1) is 0 Å². The Morgan fingerprint density at radius 2 is 1.81 bits per heavy atom. The third-order valence-corrected chi connectivity index (χ3v) is 6.33. The molecule has 2 aromatic heterocycles. The molecule has 1 aliphatic heterocycles. The second-order valence-electron chi connectivity index (χ2n) is 7.48. The molecule has 0 spiro atoms. The summed E-state index contributed by atoms with van der Waals surface area (Å²) in [5.74, 6) is -0.482. The van der Waals surface area contributed by atoms with Gasteiger partial charge < -0.3 is 24.4 Å². The number of amides is 3. The Labute approximate surface area is 189 Å². The number of nitrogens with zero attached hydrogens (tertiary/aromatic N) is 4. The average molecular weight is 456 g/mol. The first kappa shape index (κ1) is 21.8. The van der Waals surface area contributed by atoms with Gasteiger partial charge in [-0.2, -0.15) is 0 Å². The molecule has 0 radical (unpaired) electrons. The predicted octanol–water partition coefficient (Wildman–Crippen LogP) is 2.51. The minimum atomic E-state index is -0.677. The van der Waals surface area contributed by atoms with E-state index < -0.39 is 6.04 Å². The fourth-order valence-corrected chi connectivity index (χ4v) is 4.54. The summed E-state index contributed by atoms with van der Waals surface area (Å²) in [5.41, 5.74) is 1.30. The molecule has 4 rings (SSSR count). The molecule has 0 unspecified atom stereocenters. The van der Waals surface area contributed by atoms with Crippen LogP contribution in [0.3, 0.4) is 0 Å². The van der Waals surface area contributed by atoms with Gasteiger partial charge in [-0.1, -0.05) is 11.3 Å². The molecule has 1 atom stereocenters. The summed E-state index contributed by atoms with van der Waals surface area (Å²) in [7, 11) is 0. The fraction of sp³-hybridized carbons (Fsp3) is 0.364. The second-order valence-corrected chi connectivity index (χ2v) is 8.48. The van der Waals surface area contributed by atoms with Crippen LogP contribution in [0.5, 0.6) is 0 Å². The SMILES string of the molecule is CCOC(=O)N1CCN(C(=O)[C@H](C)NC(=O)c2ccc3nc(-n4cccc4)sc3c2)CC1. The van der Waals surface area contributed by atoms with E-state index in [1.165, 1.54) is 11.3 Å². The average Bonchev–Trinajstić information content (AvgIpc) is 3.48. The first-order chi connectivity index (χ1) is 15.5. The van der Waals surface area contributed by atoms with E-state index in [0.717, 1.165) is 15.3 Å². The molecule has 10 heteroatoms. The van der Waals surface area contributed by atoms with Gasteiger partial charge in [-0.05, 0) is 44.2 Å². The lowest BCUT2D eigenvalue weighted by molar-refractivity contribution is -0.134. The Kier molecular flexibility index (Phi) is 6.40. The highest BCUT2D eigenvalue weighted by Gasteiger charge is 2.28. The van der Waals surface area contributed by atoms with Crippen LogP contribution in [0.15, 0.2) is 42.7 Å². The number of benzene rings is 1. The van der Waals surface area contributed by atoms with Crippen LogP contribution in [-0.2, 0) is 9.53 Å². The molecule has 0 saturated carbocycles.